The van der Waals surface area contributed by atoms with Crippen molar-refractivity contribution in [3.8, 4) is 0 Å². The van der Waals surface area contributed by atoms with Crippen LogP contribution in [-0.2, 0) is 14.3 Å². The van der Waals surface area contributed by atoms with Gasteiger partial charge in [0.2, 0.25) is 0 Å². The highest BCUT2D eigenvalue weighted by Crippen LogP contribution is 2.25. The molecular formula is C17H33NO3. The van der Waals surface area contributed by atoms with E-state index in [1.54, 1.807) is 0 Å². The van der Waals surface area contributed by atoms with Gasteiger partial charge in [0.15, 0.2) is 0 Å². The van der Waals surface area contributed by atoms with Crippen molar-refractivity contribution in [2.75, 3.05) is 20.3 Å². The molecular weight excluding hydrogens is 266 g/mol. The molecule has 0 heterocycles. The Bertz CT molecular complexity index is 304. The molecule has 0 saturated heterocycles. The number of hydrogen-bond acceptors (Lipinski definition) is 4. The van der Waals surface area contributed by atoms with Crippen molar-refractivity contribution in [3.05, 3.63) is 0 Å². The summed E-state index contributed by atoms with van der Waals surface area (Å²) in [6, 6.07) is 0.474. The van der Waals surface area contributed by atoms with E-state index in [0.717, 1.165) is 25.9 Å². The van der Waals surface area contributed by atoms with Crippen molar-refractivity contribution in [2.45, 2.75) is 77.3 Å². The van der Waals surface area contributed by atoms with Gasteiger partial charge in [0.05, 0.1) is 7.11 Å². The molecule has 0 spiro atoms. The van der Waals surface area contributed by atoms with Crippen LogP contribution >= 0.6 is 0 Å². The van der Waals surface area contributed by atoms with E-state index in [1.165, 1.54) is 26.4 Å². The predicted molar refractivity (Wildman–Crippen MR) is 85.3 cm³/mol. The van der Waals surface area contributed by atoms with Gasteiger partial charge in [-0.1, -0.05) is 33.1 Å². The smallest absolute Gasteiger partial charge is 0.325 e. The normalized spacial score (nSPS) is 19.0. The van der Waals surface area contributed by atoms with Crippen LogP contribution in [0, 0.1) is 5.92 Å². The summed E-state index contributed by atoms with van der Waals surface area (Å²) in [4.78, 5) is 12.0. The first kappa shape index (κ1) is 18.4. The van der Waals surface area contributed by atoms with Gasteiger partial charge in [0, 0.05) is 19.3 Å². The van der Waals surface area contributed by atoms with Crippen LogP contribution in [0.1, 0.15) is 65.7 Å². The summed E-state index contributed by atoms with van der Waals surface area (Å²) < 4.78 is 10.8. The lowest BCUT2D eigenvalue weighted by Crippen LogP contribution is -2.52. The molecule has 0 aromatic carbocycles. The molecule has 1 fully saturated rings. The molecule has 2 atom stereocenters. The van der Waals surface area contributed by atoms with Crippen molar-refractivity contribution >= 4 is 5.97 Å². The Labute approximate surface area is 130 Å². The molecule has 4 heteroatoms. The van der Waals surface area contributed by atoms with Crippen LogP contribution in [0.3, 0.4) is 0 Å². The van der Waals surface area contributed by atoms with E-state index in [-0.39, 0.29) is 5.97 Å². The third kappa shape index (κ3) is 6.79. The van der Waals surface area contributed by atoms with Crippen molar-refractivity contribution in [2.24, 2.45) is 5.92 Å². The van der Waals surface area contributed by atoms with Crippen LogP contribution in [-0.4, -0.2) is 37.9 Å². The Morgan fingerprint density at radius 1 is 1.38 bits per heavy atom. The maximum absolute atomic E-state index is 12.0. The zero-order chi connectivity index (χ0) is 15.7. The lowest BCUT2D eigenvalue weighted by atomic mass is 9.98. The standard InChI is InChI=1S/C17H33NO3/c1-5-7-8-14(6-2)13-21-12-11-17(3,16(19)20-4)18-15-9-10-15/h14-15,18H,5-13H2,1-4H3. The van der Waals surface area contributed by atoms with Gasteiger partial charge in [-0.15, -0.1) is 0 Å². The van der Waals surface area contributed by atoms with E-state index < -0.39 is 5.54 Å². The van der Waals surface area contributed by atoms with Gasteiger partial charge in [-0.3, -0.25) is 10.1 Å². The Morgan fingerprint density at radius 3 is 2.62 bits per heavy atom. The first-order chi connectivity index (χ1) is 10.1. The Morgan fingerprint density at radius 2 is 2.10 bits per heavy atom. The summed E-state index contributed by atoms with van der Waals surface area (Å²) in [6.07, 6.45) is 7.88. The predicted octanol–water partition coefficient (Wildman–Crippen LogP) is 3.29. The second-order valence-electron chi connectivity index (χ2n) is 6.48. The lowest BCUT2D eigenvalue weighted by molar-refractivity contribution is -0.149. The zero-order valence-corrected chi connectivity index (χ0v) is 14.2. The second kappa shape index (κ2) is 9.42. The first-order valence-electron chi connectivity index (χ1n) is 8.49. The summed E-state index contributed by atoms with van der Waals surface area (Å²) in [5.74, 6) is 0.460. The Hall–Kier alpha value is -0.610. The third-order valence-corrected chi connectivity index (χ3v) is 4.38. The molecule has 0 radical (unpaired) electrons. The molecule has 1 N–H and O–H groups in total. The molecule has 0 aromatic heterocycles. The number of nitrogens with one attached hydrogen (secondary N) is 1. The minimum Gasteiger partial charge on any atom is -0.468 e. The average Bonchev–Trinajstić information content (AvgIpc) is 3.29. The van der Waals surface area contributed by atoms with Gasteiger partial charge in [-0.05, 0) is 38.5 Å². The minimum atomic E-state index is -0.610. The van der Waals surface area contributed by atoms with Crippen molar-refractivity contribution in [1.29, 1.82) is 0 Å². The first-order valence-corrected chi connectivity index (χ1v) is 8.49. The second-order valence-corrected chi connectivity index (χ2v) is 6.48. The van der Waals surface area contributed by atoms with Crippen molar-refractivity contribution < 1.29 is 14.3 Å². The highest BCUT2D eigenvalue weighted by molar-refractivity contribution is 5.80. The van der Waals surface area contributed by atoms with Gasteiger partial charge in [0.1, 0.15) is 5.54 Å². The molecule has 21 heavy (non-hydrogen) atoms. The van der Waals surface area contributed by atoms with Crippen molar-refractivity contribution in [3.63, 3.8) is 0 Å². The van der Waals surface area contributed by atoms with Crippen LogP contribution < -0.4 is 5.32 Å². The quantitative estimate of drug-likeness (QED) is 0.444. The van der Waals surface area contributed by atoms with Gasteiger partial charge < -0.3 is 9.47 Å². The number of esters is 1. The molecule has 1 saturated carbocycles. The fraction of sp³-hybridized carbons (Fsp3) is 0.941. The van der Waals surface area contributed by atoms with E-state index in [2.05, 4.69) is 19.2 Å². The van der Waals surface area contributed by atoms with Crippen LogP contribution in [0.4, 0.5) is 0 Å². The van der Waals surface area contributed by atoms with Crippen LogP contribution in [0.15, 0.2) is 0 Å². The highest BCUT2D eigenvalue weighted by atomic mass is 16.5. The Kier molecular flexibility index (Phi) is 8.27. The number of ether oxygens (including phenoxy) is 2. The maximum atomic E-state index is 12.0. The molecule has 2 unspecified atom stereocenters. The molecule has 0 aliphatic heterocycles. The van der Waals surface area contributed by atoms with E-state index in [0.29, 0.717) is 25.0 Å². The molecule has 0 aromatic rings. The molecule has 1 rings (SSSR count). The largest absolute Gasteiger partial charge is 0.468 e. The number of hydrogen-bond donors (Lipinski definition) is 1. The van der Waals surface area contributed by atoms with Crippen LogP contribution in [0.25, 0.3) is 0 Å². The third-order valence-electron chi connectivity index (χ3n) is 4.38. The lowest BCUT2D eigenvalue weighted by Gasteiger charge is -2.28. The number of unbranched alkanes of at least 4 members (excludes halogenated alkanes) is 1. The maximum Gasteiger partial charge on any atom is 0.325 e. The average molecular weight is 299 g/mol. The topological polar surface area (TPSA) is 47.6 Å². The minimum absolute atomic E-state index is 0.184. The summed E-state index contributed by atoms with van der Waals surface area (Å²) in [5.41, 5.74) is -0.610. The summed E-state index contributed by atoms with van der Waals surface area (Å²) >= 11 is 0. The summed E-state index contributed by atoms with van der Waals surface area (Å²) in [7, 11) is 1.45. The summed E-state index contributed by atoms with van der Waals surface area (Å²) in [6.45, 7) is 7.77. The fourth-order valence-corrected chi connectivity index (χ4v) is 2.56. The van der Waals surface area contributed by atoms with Gasteiger partial charge in [-0.25, -0.2) is 0 Å². The van der Waals surface area contributed by atoms with Crippen LogP contribution in [0.5, 0.6) is 0 Å². The monoisotopic (exact) mass is 299 g/mol. The molecule has 124 valence electrons. The van der Waals surface area contributed by atoms with E-state index in [1.807, 2.05) is 6.92 Å². The summed E-state index contributed by atoms with van der Waals surface area (Å²) in [5, 5.41) is 3.40. The van der Waals surface area contributed by atoms with E-state index in [4.69, 9.17) is 9.47 Å². The highest BCUT2D eigenvalue weighted by Gasteiger charge is 2.39. The fourth-order valence-electron chi connectivity index (χ4n) is 2.56. The number of methoxy groups -OCH3 is 1. The van der Waals surface area contributed by atoms with E-state index in [9.17, 15) is 4.79 Å². The van der Waals surface area contributed by atoms with Gasteiger partial charge >= 0.3 is 5.97 Å². The number of carbonyl (C=O) groups excluding carboxylic acids is 1. The molecule has 0 amide bonds. The Balaban J connectivity index is 2.30. The number of carbonyl (C=O) groups is 1. The van der Waals surface area contributed by atoms with Crippen molar-refractivity contribution in [1.82, 2.24) is 5.32 Å². The van der Waals surface area contributed by atoms with Gasteiger partial charge in [-0.2, -0.15) is 0 Å². The van der Waals surface area contributed by atoms with Gasteiger partial charge in [0.25, 0.3) is 0 Å². The number of rotatable bonds is 12. The molecule has 1 aliphatic carbocycles. The molecule has 1 aliphatic rings. The van der Waals surface area contributed by atoms with E-state index >= 15 is 0 Å². The molecule has 0 bridgehead atoms. The zero-order valence-electron chi connectivity index (χ0n) is 14.2. The molecule has 4 nitrogen and oxygen atoms in total. The SMILES string of the molecule is CCCCC(CC)COCCC(C)(NC1CC1)C(=O)OC. The van der Waals surface area contributed by atoms with Crippen LogP contribution in [0.2, 0.25) is 0 Å².